The highest BCUT2D eigenvalue weighted by atomic mass is 32.1. The largest absolute Gasteiger partial charge is 0.394 e. The van der Waals surface area contributed by atoms with Crippen LogP contribution in [0.4, 0.5) is 0 Å². The van der Waals surface area contributed by atoms with Crippen LogP contribution in [0.25, 0.3) is 0 Å². The third-order valence-electron chi connectivity index (χ3n) is 3.32. The third kappa shape index (κ3) is 5.27. The summed E-state index contributed by atoms with van der Waals surface area (Å²) in [5, 5.41) is 56.9. The number of aliphatic hydroxyl groups excluding tert-OH is 5. The Balaban J connectivity index is 2.78. The van der Waals surface area contributed by atoms with Gasteiger partial charge in [0.1, 0.15) is 24.4 Å². The molecule has 22 heavy (non-hydrogen) atoms. The number of thiol groups is 1. The van der Waals surface area contributed by atoms with Crippen molar-refractivity contribution in [2.75, 3.05) is 19.0 Å². The monoisotopic (exact) mass is 344 g/mol. The van der Waals surface area contributed by atoms with Crippen LogP contribution >= 0.6 is 12.6 Å². The molecule has 7 atom stereocenters. The number of aliphatic hydroxyl groups is 6. The normalized spacial score (nSPS) is 33.7. The van der Waals surface area contributed by atoms with Gasteiger partial charge in [0.25, 0.3) is 0 Å². The van der Waals surface area contributed by atoms with Crippen molar-refractivity contribution in [3.05, 3.63) is 0 Å². The zero-order valence-corrected chi connectivity index (χ0v) is 13.0. The lowest BCUT2D eigenvalue weighted by molar-refractivity contribution is -0.322. The van der Waals surface area contributed by atoms with Crippen molar-refractivity contribution in [1.82, 2.24) is 0 Å². The van der Waals surface area contributed by atoms with Crippen molar-refractivity contribution in [2.45, 2.75) is 56.1 Å². The lowest BCUT2D eigenvalue weighted by atomic mass is 10.0. The summed E-state index contributed by atoms with van der Waals surface area (Å²) >= 11 is 3.97. The minimum atomic E-state index is -2.08. The van der Waals surface area contributed by atoms with Crippen molar-refractivity contribution in [1.29, 1.82) is 0 Å². The van der Waals surface area contributed by atoms with E-state index < -0.39 is 55.8 Å². The summed E-state index contributed by atoms with van der Waals surface area (Å²) in [7, 11) is 0. The SMILES string of the molecule is CC(O)C(CS)OC(OC1C(CO)OCC(O)C1O)C(O)O. The van der Waals surface area contributed by atoms with E-state index >= 15 is 0 Å². The molecule has 132 valence electrons. The second kappa shape index (κ2) is 9.33. The van der Waals surface area contributed by atoms with E-state index in [4.69, 9.17) is 14.2 Å². The van der Waals surface area contributed by atoms with Gasteiger partial charge in [0, 0.05) is 5.75 Å². The summed E-state index contributed by atoms with van der Waals surface area (Å²) in [6.07, 6.45) is -10.4. The topological polar surface area (TPSA) is 149 Å². The maximum atomic E-state index is 9.92. The molecule has 0 aromatic carbocycles. The summed E-state index contributed by atoms with van der Waals surface area (Å²) in [5.74, 6) is 0.0834. The maximum Gasteiger partial charge on any atom is 0.209 e. The van der Waals surface area contributed by atoms with Crippen molar-refractivity contribution >= 4 is 12.6 Å². The first kappa shape index (κ1) is 20.0. The van der Waals surface area contributed by atoms with Gasteiger partial charge in [0.15, 0.2) is 0 Å². The van der Waals surface area contributed by atoms with E-state index in [1.165, 1.54) is 6.92 Å². The zero-order valence-electron chi connectivity index (χ0n) is 12.1. The molecule has 0 bridgehead atoms. The van der Waals surface area contributed by atoms with E-state index in [9.17, 15) is 30.6 Å². The van der Waals surface area contributed by atoms with Gasteiger partial charge in [0.05, 0.1) is 25.4 Å². The summed E-state index contributed by atoms with van der Waals surface area (Å²) in [6, 6.07) is 0. The molecule has 0 amide bonds. The first-order valence-corrected chi connectivity index (χ1v) is 7.49. The van der Waals surface area contributed by atoms with Crippen LogP contribution in [0.3, 0.4) is 0 Å². The number of hydrogen-bond acceptors (Lipinski definition) is 10. The van der Waals surface area contributed by atoms with Gasteiger partial charge in [-0.25, -0.2) is 0 Å². The number of hydrogen-bond donors (Lipinski definition) is 7. The second-order valence-corrected chi connectivity index (χ2v) is 5.46. The lowest BCUT2D eigenvalue weighted by Gasteiger charge is -2.39. The molecule has 1 saturated heterocycles. The molecule has 0 spiro atoms. The fourth-order valence-corrected chi connectivity index (χ4v) is 2.38. The minimum Gasteiger partial charge on any atom is -0.394 e. The molecule has 1 heterocycles. The molecular weight excluding hydrogens is 320 g/mol. The summed E-state index contributed by atoms with van der Waals surface area (Å²) in [4.78, 5) is 0. The van der Waals surface area contributed by atoms with Crippen LogP contribution in [-0.2, 0) is 14.2 Å². The van der Waals surface area contributed by atoms with E-state index in [-0.39, 0.29) is 12.4 Å². The summed E-state index contributed by atoms with van der Waals surface area (Å²) in [5.41, 5.74) is 0. The van der Waals surface area contributed by atoms with Gasteiger partial charge < -0.3 is 44.8 Å². The van der Waals surface area contributed by atoms with Gasteiger partial charge in [-0.1, -0.05) is 0 Å². The van der Waals surface area contributed by atoms with Crippen LogP contribution in [0, 0.1) is 0 Å². The quantitative estimate of drug-likeness (QED) is 0.179. The number of rotatable bonds is 8. The van der Waals surface area contributed by atoms with Crippen LogP contribution < -0.4 is 0 Å². The Kier molecular flexibility index (Phi) is 8.49. The van der Waals surface area contributed by atoms with Crippen LogP contribution in [0.2, 0.25) is 0 Å². The van der Waals surface area contributed by atoms with Gasteiger partial charge in [0.2, 0.25) is 12.6 Å². The number of ether oxygens (including phenoxy) is 3. The molecule has 0 radical (unpaired) electrons. The van der Waals surface area contributed by atoms with E-state index in [1.807, 2.05) is 0 Å². The predicted molar refractivity (Wildman–Crippen MR) is 76.1 cm³/mol. The maximum absolute atomic E-state index is 9.92. The molecule has 0 aromatic rings. The smallest absolute Gasteiger partial charge is 0.209 e. The zero-order chi connectivity index (χ0) is 16.9. The van der Waals surface area contributed by atoms with Crippen LogP contribution in [0.5, 0.6) is 0 Å². The highest BCUT2D eigenvalue weighted by Crippen LogP contribution is 2.22. The fourth-order valence-electron chi connectivity index (χ4n) is 1.99. The molecule has 0 aliphatic carbocycles. The van der Waals surface area contributed by atoms with Gasteiger partial charge in [-0.15, -0.1) is 0 Å². The van der Waals surface area contributed by atoms with Crippen LogP contribution in [0.1, 0.15) is 6.92 Å². The average molecular weight is 344 g/mol. The standard InChI is InChI=1S/C12H24O9S/c1-5(14)8(4-22)20-12(11(17)18)21-10-7(2-13)19-3-6(15)9(10)16/h5-18,22H,2-4H2,1H3. The Bertz CT molecular complexity index is 315. The van der Waals surface area contributed by atoms with Gasteiger partial charge in [-0.05, 0) is 6.92 Å². The Hall–Kier alpha value is -0.0100. The highest BCUT2D eigenvalue weighted by molar-refractivity contribution is 7.80. The fraction of sp³-hybridized carbons (Fsp3) is 1.00. The van der Waals surface area contributed by atoms with E-state index in [0.717, 1.165) is 0 Å². The predicted octanol–water partition coefficient (Wildman–Crippen LogP) is -3.18. The van der Waals surface area contributed by atoms with E-state index in [1.54, 1.807) is 0 Å². The third-order valence-corrected chi connectivity index (χ3v) is 3.68. The Labute approximate surface area is 133 Å². The molecule has 9 nitrogen and oxygen atoms in total. The lowest BCUT2D eigenvalue weighted by Crippen LogP contribution is -2.57. The van der Waals surface area contributed by atoms with Crippen molar-refractivity contribution in [3.63, 3.8) is 0 Å². The highest BCUT2D eigenvalue weighted by Gasteiger charge is 2.42. The molecule has 7 unspecified atom stereocenters. The summed E-state index contributed by atoms with van der Waals surface area (Å²) in [6.45, 7) is 0.738. The van der Waals surface area contributed by atoms with E-state index in [0.29, 0.717) is 0 Å². The average Bonchev–Trinajstić information content (AvgIpc) is 2.47. The molecule has 6 N–H and O–H groups in total. The molecule has 0 aromatic heterocycles. The first-order chi connectivity index (χ1) is 10.3. The van der Waals surface area contributed by atoms with Gasteiger partial charge in [-0.2, -0.15) is 12.6 Å². The molecular formula is C12H24O9S. The molecule has 1 aliphatic rings. The van der Waals surface area contributed by atoms with Gasteiger partial charge >= 0.3 is 0 Å². The molecule has 10 heteroatoms. The summed E-state index contributed by atoms with van der Waals surface area (Å²) < 4.78 is 15.6. The Morgan fingerprint density at radius 1 is 1.27 bits per heavy atom. The first-order valence-electron chi connectivity index (χ1n) is 6.86. The van der Waals surface area contributed by atoms with Gasteiger partial charge in [-0.3, -0.25) is 0 Å². The van der Waals surface area contributed by atoms with Crippen molar-refractivity contribution in [3.8, 4) is 0 Å². The van der Waals surface area contributed by atoms with Crippen molar-refractivity contribution < 1.29 is 44.8 Å². The molecule has 1 fully saturated rings. The van der Waals surface area contributed by atoms with Crippen LogP contribution in [0.15, 0.2) is 0 Å². The molecule has 1 aliphatic heterocycles. The second-order valence-electron chi connectivity index (χ2n) is 5.09. The minimum absolute atomic E-state index is 0.0834. The van der Waals surface area contributed by atoms with E-state index in [2.05, 4.69) is 12.6 Å². The van der Waals surface area contributed by atoms with Crippen molar-refractivity contribution in [2.24, 2.45) is 0 Å². The Morgan fingerprint density at radius 3 is 2.36 bits per heavy atom. The Morgan fingerprint density at radius 2 is 1.91 bits per heavy atom. The molecule has 0 saturated carbocycles. The molecule has 1 rings (SSSR count). The van der Waals surface area contributed by atoms with Crippen LogP contribution in [-0.4, -0.2) is 98.8 Å².